The van der Waals surface area contributed by atoms with E-state index in [1.54, 1.807) is 17.2 Å². The number of ether oxygens (including phenoxy) is 2. The zero-order chi connectivity index (χ0) is 19.6. The normalized spacial score (nSPS) is 21.0. The van der Waals surface area contributed by atoms with Crippen molar-refractivity contribution in [2.75, 3.05) is 13.1 Å². The molecule has 0 saturated carbocycles. The second-order valence-electron chi connectivity index (χ2n) is 6.95. The summed E-state index contributed by atoms with van der Waals surface area (Å²) in [4.78, 5) is 31.0. The Bertz CT molecular complexity index is 808. The molecule has 1 aliphatic heterocycles. The lowest BCUT2D eigenvalue weighted by Crippen LogP contribution is -2.51. The zero-order valence-corrected chi connectivity index (χ0v) is 16.8. The number of amides is 1. The van der Waals surface area contributed by atoms with Crippen LogP contribution in [-0.4, -0.2) is 53.2 Å². The van der Waals surface area contributed by atoms with E-state index >= 15 is 0 Å². The van der Waals surface area contributed by atoms with Crippen LogP contribution in [0.1, 0.15) is 36.8 Å². The molecule has 2 heterocycles. The van der Waals surface area contributed by atoms with Crippen LogP contribution < -0.4 is 0 Å². The van der Waals surface area contributed by atoms with Gasteiger partial charge in [0.25, 0.3) is 5.91 Å². The first-order valence-electron chi connectivity index (χ1n) is 9.01. The molecule has 0 spiro atoms. The van der Waals surface area contributed by atoms with Crippen LogP contribution in [0.5, 0.6) is 0 Å². The van der Waals surface area contributed by atoms with E-state index in [4.69, 9.17) is 9.47 Å². The van der Waals surface area contributed by atoms with Crippen molar-refractivity contribution in [3.05, 3.63) is 40.9 Å². The van der Waals surface area contributed by atoms with E-state index in [9.17, 15) is 9.59 Å². The van der Waals surface area contributed by atoms with Crippen molar-refractivity contribution in [1.29, 1.82) is 0 Å². The number of esters is 1. The highest BCUT2D eigenvalue weighted by Gasteiger charge is 2.31. The molecule has 0 bridgehead atoms. The molecule has 2 aromatic rings. The van der Waals surface area contributed by atoms with Crippen molar-refractivity contribution in [1.82, 2.24) is 9.88 Å². The lowest BCUT2D eigenvalue weighted by molar-refractivity contribution is -0.151. The van der Waals surface area contributed by atoms with Gasteiger partial charge in [-0.1, -0.05) is 29.8 Å². The summed E-state index contributed by atoms with van der Waals surface area (Å²) < 4.78 is 11.0. The van der Waals surface area contributed by atoms with Crippen molar-refractivity contribution in [2.24, 2.45) is 0 Å². The molecule has 144 valence electrons. The molecule has 6 nitrogen and oxygen atoms in total. The van der Waals surface area contributed by atoms with Gasteiger partial charge in [0.05, 0.1) is 12.2 Å². The largest absolute Gasteiger partial charge is 0.448 e. The maximum Gasteiger partial charge on any atom is 0.358 e. The number of carbonyl (C=O) groups excluding carboxylic acids is 2. The molecule has 1 saturated heterocycles. The van der Waals surface area contributed by atoms with Gasteiger partial charge in [-0.05, 0) is 27.7 Å². The average molecular weight is 388 g/mol. The molecule has 0 N–H and O–H groups in total. The molecule has 3 unspecified atom stereocenters. The first-order chi connectivity index (χ1) is 12.8. The van der Waals surface area contributed by atoms with E-state index in [0.29, 0.717) is 13.1 Å². The molecule has 7 heteroatoms. The van der Waals surface area contributed by atoms with Crippen LogP contribution in [0.4, 0.5) is 0 Å². The predicted molar refractivity (Wildman–Crippen MR) is 104 cm³/mol. The summed E-state index contributed by atoms with van der Waals surface area (Å²) in [6.45, 7) is 8.46. The van der Waals surface area contributed by atoms with Crippen LogP contribution in [0, 0.1) is 6.92 Å². The summed E-state index contributed by atoms with van der Waals surface area (Å²) in [7, 11) is 0. The lowest BCUT2D eigenvalue weighted by atomic mass is 10.2. The number of aryl methyl sites for hydroxylation is 1. The second-order valence-corrected chi connectivity index (χ2v) is 7.81. The van der Waals surface area contributed by atoms with Crippen LogP contribution in [0.25, 0.3) is 10.6 Å². The Morgan fingerprint density at radius 3 is 2.48 bits per heavy atom. The van der Waals surface area contributed by atoms with Gasteiger partial charge in [-0.25, -0.2) is 9.78 Å². The predicted octanol–water partition coefficient (Wildman–Crippen LogP) is 3.30. The van der Waals surface area contributed by atoms with E-state index in [1.165, 1.54) is 11.3 Å². The molecule has 27 heavy (non-hydrogen) atoms. The van der Waals surface area contributed by atoms with Gasteiger partial charge in [-0.3, -0.25) is 4.79 Å². The van der Waals surface area contributed by atoms with Gasteiger partial charge in [-0.2, -0.15) is 0 Å². The van der Waals surface area contributed by atoms with Gasteiger partial charge >= 0.3 is 5.97 Å². The topological polar surface area (TPSA) is 68.7 Å². The molecular weight excluding hydrogens is 364 g/mol. The van der Waals surface area contributed by atoms with Crippen molar-refractivity contribution in [2.45, 2.75) is 46.0 Å². The Labute approximate surface area is 163 Å². The number of carbonyl (C=O) groups is 2. The maximum atomic E-state index is 12.6. The van der Waals surface area contributed by atoms with Gasteiger partial charge < -0.3 is 14.4 Å². The smallest absolute Gasteiger partial charge is 0.358 e. The summed E-state index contributed by atoms with van der Waals surface area (Å²) in [5, 5.41) is 2.41. The number of nitrogens with zero attached hydrogens (tertiary/aromatic N) is 2. The molecule has 1 fully saturated rings. The minimum absolute atomic E-state index is 0.0313. The molecule has 1 aromatic carbocycles. The zero-order valence-electron chi connectivity index (χ0n) is 16.0. The third-order valence-corrected chi connectivity index (χ3v) is 5.27. The lowest BCUT2D eigenvalue weighted by Gasteiger charge is -2.36. The van der Waals surface area contributed by atoms with Gasteiger partial charge in [0, 0.05) is 24.0 Å². The third-order valence-electron chi connectivity index (χ3n) is 4.37. The van der Waals surface area contributed by atoms with Gasteiger partial charge in [0.1, 0.15) is 5.01 Å². The second kappa shape index (κ2) is 8.19. The summed E-state index contributed by atoms with van der Waals surface area (Å²) >= 11 is 1.38. The maximum absolute atomic E-state index is 12.6. The molecule has 1 aliphatic rings. The third kappa shape index (κ3) is 4.73. The number of rotatable bonds is 4. The Kier molecular flexibility index (Phi) is 5.92. The highest BCUT2D eigenvalue weighted by molar-refractivity contribution is 7.13. The summed E-state index contributed by atoms with van der Waals surface area (Å²) in [6.07, 6.45) is -0.924. The fourth-order valence-electron chi connectivity index (χ4n) is 3.08. The molecule has 1 aromatic heterocycles. The highest BCUT2D eigenvalue weighted by atomic mass is 32.1. The number of thiazole rings is 1. The number of hydrogen-bond donors (Lipinski definition) is 0. The van der Waals surface area contributed by atoms with Crippen molar-refractivity contribution in [3.63, 3.8) is 0 Å². The molecule has 3 atom stereocenters. The monoisotopic (exact) mass is 388 g/mol. The molecule has 0 radical (unpaired) electrons. The van der Waals surface area contributed by atoms with Crippen LogP contribution in [0.15, 0.2) is 29.6 Å². The number of morpholine rings is 1. The highest BCUT2D eigenvalue weighted by Crippen LogP contribution is 2.24. The van der Waals surface area contributed by atoms with Crippen molar-refractivity contribution < 1.29 is 19.1 Å². The van der Waals surface area contributed by atoms with Crippen LogP contribution >= 0.6 is 11.3 Å². The van der Waals surface area contributed by atoms with E-state index < -0.39 is 12.1 Å². The quantitative estimate of drug-likeness (QED) is 0.752. The minimum atomic E-state index is -0.862. The van der Waals surface area contributed by atoms with Gasteiger partial charge in [0.2, 0.25) is 0 Å². The van der Waals surface area contributed by atoms with Crippen LogP contribution in [0.3, 0.4) is 0 Å². The Morgan fingerprint density at radius 1 is 1.22 bits per heavy atom. The van der Waals surface area contributed by atoms with Gasteiger partial charge in [0.15, 0.2) is 11.8 Å². The van der Waals surface area contributed by atoms with Crippen LogP contribution in [0.2, 0.25) is 0 Å². The van der Waals surface area contributed by atoms with E-state index in [1.807, 2.05) is 45.0 Å². The Morgan fingerprint density at radius 2 is 1.85 bits per heavy atom. The first kappa shape index (κ1) is 19.5. The molecular formula is C20H24N2O4S. The minimum Gasteiger partial charge on any atom is -0.448 e. The fourth-order valence-corrected chi connectivity index (χ4v) is 3.88. The van der Waals surface area contributed by atoms with E-state index in [2.05, 4.69) is 4.98 Å². The molecule has 3 rings (SSSR count). The van der Waals surface area contributed by atoms with Gasteiger partial charge in [-0.15, -0.1) is 11.3 Å². The standard InChI is InChI=1S/C20H24N2O4S/c1-12-5-7-16(8-6-12)18-21-17(11-27-18)20(24)26-15(4)19(23)22-9-13(2)25-14(3)10-22/h5-8,11,13-15H,9-10H2,1-4H3. The average Bonchev–Trinajstić information content (AvgIpc) is 3.11. The Balaban J connectivity index is 1.63. The summed E-state index contributed by atoms with van der Waals surface area (Å²) in [5.74, 6) is -0.792. The summed E-state index contributed by atoms with van der Waals surface area (Å²) in [5.41, 5.74) is 2.33. The molecule has 1 amide bonds. The van der Waals surface area contributed by atoms with E-state index in [0.717, 1.165) is 16.1 Å². The molecule has 0 aliphatic carbocycles. The Hall–Kier alpha value is -2.25. The van der Waals surface area contributed by atoms with E-state index in [-0.39, 0.29) is 23.8 Å². The number of hydrogen-bond acceptors (Lipinski definition) is 6. The number of aromatic nitrogens is 1. The number of benzene rings is 1. The SMILES string of the molecule is Cc1ccc(-c2nc(C(=O)OC(C)C(=O)N3CC(C)OC(C)C3)cs2)cc1. The first-order valence-corrected chi connectivity index (χ1v) is 9.89. The van der Waals surface area contributed by atoms with Crippen molar-refractivity contribution >= 4 is 23.2 Å². The van der Waals surface area contributed by atoms with Crippen LogP contribution in [-0.2, 0) is 14.3 Å². The summed E-state index contributed by atoms with van der Waals surface area (Å²) in [6, 6.07) is 7.94. The van der Waals surface area contributed by atoms with Crippen molar-refractivity contribution in [3.8, 4) is 10.6 Å². The fraction of sp³-hybridized carbons (Fsp3) is 0.450.